The number of aryl methyl sites for hydroxylation is 2. The van der Waals surface area contributed by atoms with Crippen molar-refractivity contribution in [2.24, 2.45) is 0 Å². The van der Waals surface area contributed by atoms with E-state index in [4.69, 9.17) is 11.6 Å². The maximum absolute atomic E-state index is 12.1. The molecule has 100 valence electrons. The van der Waals surface area contributed by atoms with Crippen molar-refractivity contribution in [3.05, 3.63) is 57.9 Å². The highest BCUT2D eigenvalue weighted by molar-refractivity contribution is 7.99. The highest BCUT2D eigenvalue weighted by Crippen LogP contribution is 2.18. The summed E-state index contributed by atoms with van der Waals surface area (Å²) in [6, 6.07) is 9.65. The summed E-state index contributed by atoms with van der Waals surface area (Å²) in [6.45, 7) is 3.90. The first kappa shape index (κ1) is 14.2. The molecule has 1 heterocycles. The van der Waals surface area contributed by atoms with Crippen LogP contribution in [0.25, 0.3) is 0 Å². The summed E-state index contributed by atoms with van der Waals surface area (Å²) in [4.78, 5) is 15.2. The third-order valence-electron chi connectivity index (χ3n) is 2.87. The lowest BCUT2D eigenvalue weighted by molar-refractivity contribution is 0.102. The van der Waals surface area contributed by atoms with Crippen molar-refractivity contribution in [2.75, 3.05) is 5.75 Å². The normalized spacial score (nSPS) is 10.7. The summed E-state index contributed by atoms with van der Waals surface area (Å²) in [5.41, 5.74) is 3.98. The van der Waals surface area contributed by atoms with Crippen LogP contribution in [0.3, 0.4) is 0 Å². The Morgan fingerprint density at radius 3 is 2.53 bits per heavy atom. The first-order valence-electron chi connectivity index (χ1n) is 6.08. The van der Waals surface area contributed by atoms with Crippen LogP contribution in [0, 0.1) is 13.8 Å². The van der Waals surface area contributed by atoms with Crippen molar-refractivity contribution >= 4 is 29.1 Å². The quantitative estimate of drug-likeness (QED) is 0.829. The Hall–Kier alpha value is -1.19. The molecular formula is C15H16ClNOS. The molecule has 0 amide bonds. The number of hydrogen-bond donors (Lipinski definition) is 1. The van der Waals surface area contributed by atoms with Crippen molar-refractivity contribution in [1.29, 1.82) is 0 Å². The molecule has 19 heavy (non-hydrogen) atoms. The molecule has 0 saturated heterocycles. The monoisotopic (exact) mass is 293 g/mol. The van der Waals surface area contributed by atoms with Crippen LogP contribution in [0.15, 0.2) is 30.3 Å². The average Bonchev–Trinajstić information content (AvgIpc) is 2.71. The fourth-order valence-electron chi connectivity index (χ4n) is 1.93. The molecule has 0 aliphatic rings. The van der Waals surface area contributed by atoms with Gasteiger partial charge in [-0.3, -0.25) is 4.79 Å². The molecule has 1 aromatic carbocycles. The minimum Gasteiger partial charge on any atom is -0.362 e. The van der Waals surface area contributed by atoms with E-state index in [1.165, 1.54) is 5.56 Å². The zero-order valence-electron chi connectivity index (χ0n) is 11.0. The van der Waals surface area contributed by atoms with E-state index in [-0.39, 0.29) is 5.78 Å². The Kier molecular flexibility index (Phi) is 4.72. The number of ketones is 1. The van der Waals surface area contributed by atoms with Crippen LogP contribution in [0.5, 0.6) is 0 Å². The second-order valence-electron chi connectivity index (χ2n) is 4.53. The summed E-state index contributed by atoms with van der Waals surface area (Å²) in [5, 5.41) is 0.739. The number of nitrogens with one attached hydrogen (secondary N) is 1. The molecule has 2 nitrogen and oxygen atoms in total. The second kappa shape index (κ2) is 6.31. The Morgan fingerprint density at radius 1 is 1.26 bits per heavy atom. The van der Waals surface area contributed by atoms with Crippen LogP contribution in [-0.4, -0.2) is 16.5 Å². The van der Waals surface area contributed by atoms with Crippen molar-refractivity contribution in [1.82, 2.24) is 4.98 Å². The molecular weight excluding hydrogens is 278 g/mol. The number of hydrogen-bond acceptors (Lipinski definition) is 2. The van der Waals surface area contributed by atoms with Gasteiger partial charge in [0.2, 0.25) is 0 Å². The highest BCUT2D eigenvalue weighted by Gasteiger charge is 2.11. The van der Waals surface area contributed by atoms with Crippen LogP contribution < -0.4 is 0 Å². The number of halogens is 1. The van der Waals surface area contributed by atoms with Crippen molar-refractivity contribution < 1.29 is 4.79 Å². The van der Waals surface area contributed by atoms with Crippen LogP contribution >= 0.6 is 23.4 Å². The molecule has 0 spiro atoms. The molecule has 0 fully saturated rings. The van der Waals surface area contributed by atoms with E-state index < -0.39 is 0 Å². The molecule has 0 atom stereocenters. The largest absolute Gasteiger partial charge is 0.362 e. The fourth-order valence-corrected chi connectivity index (χ4v) is 2.93. The average molecular weight is 294 g/mol. The van der Waals surface area contributed by atoms with Gasteiger partial charge in [0.05, 0.1) is 5.75 Å². The van der Waals surface area contributed by atoms with Gasteiger partial charge in [-0.2, -0.15) is 0 Å². The number of benzene rings is 1. The van der Waals surface area contributed by atoms with E-state index in [9.17, 15) is 4.79 Å². The number of Topliss-reactive ketones (excluding diaryl/α,β-unsaturated/α-hetero) is 1. The lowest BCUT2D eigenvalue weighted by Gasteiger charge is -2.02. The Bertz CT molecular complexity index is 574. The van der Waals surface area contributed by atoms with Crippen LogP contribution in [-0.2, 0) is 5.75 Å². The van der Waals surface area contributed by atoms with Gasteiger partial charge in [-0.05, 0) is 37.6 Å². The lowest BCUT2D eigenvalue weighted by Crippen LogP contribution is -2.03. The van der Waals surface area contributed by atoms with Gasteiger partial charge in [-0.1, -0.05) is 23.7 Å². The molecule has 2 aromatic rings. The summed E-state index contributed by atoms with van der Waals surface area (Å²) in [5.74, 6) is 1.51. The molecule has 0 aliphatic heterocycles. The summed E-state index contributed by atoms with van der Waals surface area (Å²) >= 11 is 7.46. The molecule has 0 bridgehead atoms. The zero-order chi connectivity index (χ0) is 13.8. The molecule has 1 N–H and O–H groups in total. The number of rotatable bonds is 5. The SMILES string of the molecule is Cc1cc(C(=O)CSCc2ccc(Cl)cc2)c(C)[nH]1. The Balaban J connectivity index is 1.87. The topological polar surface area (TPSA) is 32.9 Å². The first-order valence-corrected chi connectivity index (χ1v) is 7.61. The van der Waals surface area contributed by atoms with Gasteiger partial charge in [0.1, 0.15) is 0 Å². The zero-order valence-corrected chi connectivity index (χ0v) is 12.6. The predicted molar refractivity (Wildman–Crippen MR) is 82.2 cm³/mol. The number of H-pyrrole nitrogens is 1. The number of thioether (sulfide) groups is 1. The molecule has 0 aliphatic carbocycles. The summed E-state index contributed by atoms with van der Waals surface area (Å²) in [6.07, 6.45) is 0. The van der Waals surface area contributed by atoms with Crippen molar-refractivity contribution in [3.8, 4) is 0 Å². The third kappa shape index (κ3) is 3.88. The van der Waals surface area contributed by atoms with Gasteiger partial charge in [0.25, 0.3) is 0 Å². The van der Waals surface area contributed by atoms with Crippen molar-refractivity contribution in [3.63, 3.8) is 0 Å². The minimum atomic E-state index is 0.181. The van der Waals surface area contributed by atoms with E-state index in [1.54, 1.807) is 11.8 Å². The van der Waals surface area contributed by atoms with Crippen LogP contribution in [0.1, 0.15) is 27.3 Å². The number of carbonyl (C=O) groups excluding carboxylic acids is 1. The van der Waals surface area contributed by atoms with Gasteiger partial charge in [0, 0.05) is 27.7 Å². The minimum absolute atomic E-state index is 0.181. The summed E-state index contributed by atoms with van der Waals surface area (Å²) < 4.78 is 0. The fraction of sp³-hybridized carbons (Fsp3) is 0.267. The smallest absolute Gasteiger partial charge is 0.174 e. The molecule has 0 radical (unpaired) electrons. The van der Waals surface area contributed by atoms with E-state index in [2.05, 4.69) is 4.98 Å². The van der Waals surface area contributed by atoms with Crippen LogP contribution in [0.2, 0.25) is 5.02 Å². The maximum Gasteiger partial charge on any atom is 0.174 e. The molecule has 4 heteroatoms. The second-order valence-corrected chi connectivity index (χ2v) is 5.96. The number of aromatic amines is 1. The van der Waals surface area contributed by atoms with Gasteiger partial charge in [-0.25, -0.2) is 0 Å². The maximum atomic E-state index is 12.1. The standard InChI is InChI=1S/C15H16ClNOS/c1-10-7-14(11(2)17-10)15(18)9-19-8-12-3-5-13(16)6-4-12/h3-7,17H,8-9H2,1-2H3. The van der Waals surface area contributed by atoms with Gasteiger partial charge >= 0.3 is 0 Å². The third-order valence-corrected chi connectivity index (χ3v) is 4.12. The first-order chi connectivity index (χ1) is 9.06. The van der Waals surface area contributed by atoms with Crippen LogP contribution in [0.4, 0.5) is 0 Å². The predicted octanol–water partition coefficient (Wildman–Crippen LogP) is 4.40. The number of carbonyl (C=O) groups is 1. The Morgan fingerprint density at radius 2 is 1.95 bits per heavy atom. The van der Waals surface area contributed by atoms with Gasteiger partial charge in [-0.15, -0.1) is 11.8 Å². The van der Waals surface area contributed by atoms with E-state index in [0.29, 0.717) is 5.75 Å². The van der Waals surface area contributed by atoms with E-state index in [0.717, 1.165) is 27.7 Å². The summed E-state index contributed by atoms with van der Waals surface area (Å²) in [7, 11) is 0. The molecule has 2 rings (SSSR count). The number of aromatic nitrogens is 1. The van der Waals surface area contributed by atoms with E-state index >= 15 is 0 Å². The molecule has 1 aromatic heterocycles. The highest BCUT2D eigenvalue weighted by atomic mass is 35.5. The molecule has 0 unspecified atom stereocenters. The Labute approximate surface area is 122 Å². The van der Waals surface area contributed by atoms with Crippen molar-refractivity contribution in [2.45, 2.75) is 19.6 Å². The van der Waals surface area contributed by atoms with Gasteiger partial charge < -0.3 is 4.98 Å². The van der Waals surface area contributed by atoms with E-state index in [1.807, 2.05) is 44.2 Å². The van der Waals surface area contributed by atoms with Gasteiger partial charge in [0.15, 0.2) is 5.78 Å². The lowest BCUT2D eigenvalue weighted by atomic mass is 10.2. The molecule has 0 saturated carbocycles.